The minimum Gasteiger partial charge on any atom is -0.348 e. The second kappa shape index (κ2) is 9.54. The van der Waals surface area contributed by atoms with Gasteiger partial charge in [-0.1, -0.05) is 59.8 Å². The molecule has 0 unspecified atom stereocenters. The topological polar surface area (TPSA) is 63.9 Å². The summed E-state index contributed by atoms with van der Waals surface area (Å²) >= 11 is 7.81. The minimum absolute atomic E-state index is 0.0240. The molecule has 0 aliphatic heterocycles. The average molecular weight is 464 g/mol. The fourth-order valence-corrected chi connectivity index (χ4v) is 4.68. The molecule has 2 heterocycles. The van der Waals surface area contributed by atoms with Gasteiger partial charge in [0.1, 0.15) is 5.25 Å². The Morgan fingerprint density at radius 1 is 1.00 bits per heavy atom. The third-order valence-corrected chi connectivity index (χ3v) is 6.64. The van der Waals surface area contributed by atoms with Crippen molar-refractivity contribution in [2.24, 2.45) is 0 Å². The number of likely N-dealkylation sites (N-methyl/N-ethyl adjacent to an activating group) is 1. The van der Waals surface area contributed by atoms with Crippen LogP contribution in [0.5, 0.6) is 0 Å². The number of carbonyl (C=O) groups is 1. The molecule has 0 fully saturated rings. The van der Waals surface area contributed by atoms with Crippen LogP contribution in [0.25, 0.3) is 17.1 Å². The summed E-state index contributed by atoms with van der Waals surface area (Å²) in [5, 5.41) is 9.75. The molecule has 0 radical (unpaired) electrons. The predicted molar refractivity (Wildman–Crippen MR) is 128 cm³/mol. The van der Waals surface area contributed by atoms with Gasteiger partial charge >= 0.3 is 0 Å². The van der Waals surface area contributed by atoms with Gasteiger partial charge in [0.2, 0.25) is 5.91 Å². The highest BCUT2D eigenvalue weighted by Crippen LogP contribution is 2.39. The average Bonchev–Trinajstić information content (AvgIpc) is 3.23. The van der Waals surface area contributed by atoms with E-state index in [1.54, 1.807) is 31.4 Å². The minimum atomic E-state index is -0.473. The van der Waals surface area contributed by atoms with E-state index in [9.17, 15) is 4.79 Å². The quantitative estimate of drug-likeness (QED) is 0.367. The van der Waals surface area contributed by atoms with Crippen molar-refractivity contribution >= 4 is 29.3 Å². The Morgan fingerprint density at radius 3 is 2.41 bits per heavy atom. The van der Waals surface area contributed by atoms with Gasteiger partial charge in [-0.3, -0.25) is 14.3 Å². The van der Waals surface area contributed by atoms with Gasteiger partial charge in [0, 0.05) is 37.1 Å². The SMILES string of the molecule is Cc1c(Cl)cccc1-n1c(S[C@H](C(=O)N(C)C)c2ccccc2)nnc1-c1ccncc1. The van der Waals surface area contributed by atoms with Gasteiger partial charge < -0.3 is 4.90 Å². The fraction of sp³-hybridized carbons (Fsp3) is 0.167. The number of pyridine rings is 1. The molecular formula is C24H22ClN5OS. The number of rotatable bonds is 6. The highest BCUT2D eigenvalue weighted by Gasteiger charge is 2.28. The second-order valence-electron chi connectivity index (χ2n) is 7.40. The van der Waals surface area contributed by atoms with Crippen LogP contribution in [0.2, 0.25) is 5.02 Å². The van der Waals surface area contributed by atoms with Crippen LogP contribution in [0.3, 0.4) is 0 Å². The molecule has 32 heavy (non-hydrogen) atoms. The number of carbonyl (C=O) groups excluding carboxylic acids is 1. The Labute approximate surface area is 196 Å². The van der Waals surface area contributed by atoms with E-state index in [4.69, 9.17) is 11.6 Å². The highest BCUT2D eigenvalue weighted by molar-refractivity contribution is 8.00. The molecule has 2 aromatic carbocycles. The van der Waals surface area contributed by atoms with Crippen molar-refractivity contribution in [1.29, 1.82) is 0 Å². The molecular weight excluding hydrogens is 442 g/mol. The number of benzene rings is 2. The summed E-state index contributed by atoms with van der Waals surface area (Å²) in [4.78, 5) is 18.8. The maximum atomic E-state index is 13.1. The second-order valence-corrected chi connectivity index (χ2v) is 8.88. The summed E-state index contributed by atoms with van der Waals surface area (Å²) < 4.78 is 1.96. The summed E-state index contributed by atoms with van der Waals surface area (Å²) in [6, 6.07) is 19.2. The third-order valence-electron chi connectivity index (χ3n) is 5.04. The lowest BCUT2D eigenvalue weighted by Crippen LogP contribution is -2.27. The third kappa shape index (κ3) is 4.40. The Balaban J connectivity index is 1.88. The molecule has 2 aromatic heterocycles. The largest absolute Gasteiger partial charge is 0.348 e. The zero-order valence-electron chi connectivity index (χ0n) is 17.9. The Morgan fingerprint density at radius 2 is 1.72 bits per heavy atom. The monoisotopic (exact) mass is 463 g/mol. The van der Waals surface area contributed by atoms with Crippen molar-refractivity contribution in [2.75, 3.05) is 14.1 Å². The van der Waals surface area contributed by atoms with E-state index in [0.717, 1.165) is 22.4 Å². The van der Waals surface area contributed by atoms with Crippen LogP contribution < -0.4 is 0 Å². The van der Waals surface area contributed by atoms with Crippen LogP contribution in [-0.4, -0.2) is 44.7 Å². The van der Waals surface area contributed by atoms with Gasteiger partial charge in [-0.2, -0.15) is 0 Å². The summed E-state index contributed by atoms with van der Waals surface area (Å²) in [6.07, 6.45) is 3.43. The lowest BCUT2D eigenvalue weighted by molar-refractivity contribution is -0.128. The molecule has 8 heteroatoms. The van der Waals surface area contributed by atoms with E-state index in [0.29, 0.717) is 16.0 Å². The molecule has 162 valence electrons. The smallest absolute Gasteiger partial charge is 0.240 e. The summed E-state index contributed by atoms with van der Waals surface area (Å²) in [5.74, 6) is 0.633. The number of amides is 1. The van der Waals surface area contributed by atoms with Crippen molar-refractivity contribution in [3.63, 3.8) is 0 Å². The van der Waals surface area contributed by atoms with Crippen LogP contribution in [0.1, 0.15) is 16.4 Å². The lowest BCUT2D eigenvalue weighted by atomic mass is 10.1. The van der Waals surface area contributed by atoms with E-state index in [2.05, 4.69) is 15.2 Å². The normalized spacial score (nSPS) is 11.9. The summed E-state index contributed by atoms with van der Waals surface area (Å²) in [5.41, 5.74) is 3.54. The standard InChI is InChI=1S/C24H22ClN5OS/c1-16-19(25)10-7-11-20(16)30-22(18-12-14-26-15-13-18)27-28-24(30)32-21(23(31)29(2)3)17-8-5-4-6-9-17/h4-15,21H,1-3H3/t21-/m0/s1. The van der Waals surface area contributed by atoms with E-state index in [1.807, 2.05) is 72.2 Å². The summed E-state index contributed by atoms with van der Waals surface area (Å²) in [6.45, 7) is 1.96. The number of hydrogen-bond acceptors (Lipinski definition) is 5. The first kappa shape index (κ1) is 22.0. The van der Waals surface area contributed by atoms with Crippen molar-refractivity contribution in [2.45, 2.75) is 17.3 Å². The van der Waals surface area contributed by atoms with E-state index >= 15 is 0 Å². The molecule has 0 bridgehead atoms. The first-order chi connectivity index (χ1) is 15.5. The van der Waals surface area contributed by atoms with Gasteiger partial charge in [-0.15, -0.1) is 10.2 Å². The van der Waals surface area contributed by atoms with Crippen molar-refractivity contribution in [1.82, 2.24) is 24.6 Å². The first-order valence-electron chi connectivity index (χ1n) is 10.0. The number of aromatic nitrogens is 4. The fourth-order valence-electron chi connectivity index (χ4n) is 3.32. The maximum absolute atomic E-state index is 13.1. The zero-order chi connectivity index (χ0) is 22.7. The van der Waals surface area contributed by atoms with Gasteiger partial charge in [0.15, 0.2) is 11.0 Å². The molecule has 0 saturated carbocycles. The molecule has 0 saturated heterocycles. The van der Waals surface area contributed by atoms with Crippen LogP contribution in [0.4, 0.5) is 0 Å². The molecule has 1 amide bonds. The number of thioether (sulfide) groups is 1. The molecule has 0 spiro atoms. The molecule has 4 aromatic rings. The van der Waals surface area contributed by atoms with E-state index in [1.165, 1.54) is 11.8 Å². The van der Waals surface area contributed by atoms with Gasteiger partial charge in [0.25, 0.3) is 0 Å². The van der Waals surface area contributed by atoms with Gasteiger partial charge in [-0.25, -0.2) is 0 Å². The van der Waals surface area contributed by atoms with Gasteiger partial charge in [-0.05, 0) is 42.3 Å². The Kier molecular flexibility index (Phi) is 6.58. The molecule has 0 N–H and O–H groups in total. The number of nitrogens with zero attached hydrogens (tertiary/aromatic N) is 5. The Hall–Kier alpha value is -3.16. The lowest BCUT2D eigenvalue weighted by Gasteiger charge is -2.21. The molecule has 0 aliphatic rings. The van der Waals surface area contributed by atoms with Crippen molar-refractivity contribution in [3.05, 3.63) is 89.2 Å². The maximum Gasteiger partial charge on any atom is 0.240 e. The van der Waals surface area contributed by atoms with E-state index < -0.39 is 5.25 Å². The van der Waals surface area contributed by atoms with E-state index in [-0.39, 0.29) is 5.91 Å². The first-order valence-corrected chi connectivity index (χ1v) is 11.3. The summed E-state index contributed by atoms with van der Waals surface area (Å²) in [7, 11) is 3.51. The molecule has 6 nitrogen and oxygen atoms in total. The van der Waals surface area contributed by atoms with Crippen molar-refractivity contribution in [3.8, 4) is 17.1 Å². The van der Waals surface area contributed by atoms with Crippen LogP contribution in [0.15, 0.2) is 78.2 Å². The highest BCUT2D eigenvalue weighted by atomic mass is 35.5. The van der Waals surface area contributed by atoms with Crippen molar-refractivity contribution < 1.29 is 4.79 Å². The molecule has 4 rings (SSSR count). The Bertz CT molecular complexity index is 1230. The number of hydrogen-bond donors (Lipinski definition) is 0. The molecule has 0 aliphatic carbocycles. The number of halogens is 1. The van der Waals surface area contributed by atoms with Crippen LogP contribution in [0, 0.1) is 6.92 Å². The van der Waals surface area contributed by atoms with Gasteiger partial charge in [0.05, 0.1) is 5.69 Å². The predicted octanol–water partition coefficient (Wildman–Crippen LogP) is 5.21. The van der Waals surface area contributed by atoms with Crippen LogP contribution in [-0.2, 0) is 4.79 Å². The molecule has 1 atom stereocenters. The zero-order valence-corrected chi connectivity index (χ0v) is 19.5. The van der Waals surface area contributed by atoms with Crippen LogP contribution >= 0.6 is 23.4 Å².